The summed E-state index contributed by atoms with van der Waals surface area (Å²) in [6, 6.07) is 4.55. The molecule has 0 saturated carbocycles. The zero-order chi connectivity index (χ0) is 20.8. The van der Waals surface area contributed by atoms with Crippen LogP contribution in [0, 0.1) is 0 Å². The lowest BCUT2D eigenvalue weighted by molar-refractivity contribution is 0.148. The van der Waals surface area contributed by atoms with E-state index in [4.69, 9.17) is 9.72 Å². The molecule has 0 aromatic carbocycles. The maximum Gasteiger partial charge on any atom is 0.407 e. The Hall–Kier alpha value is -2.72. The lowest BCUT2D eigenvalue weighted by Crippen LogP contribution is -2.43. The molecule has 1 aliphatic heterocycles. The number of rotatable bonds is 8. The highest BCUT2D eigenvalue weighted by molar-refractivity contribution is 7.09. The van der Waals surface area contributed by atoms with Crippen molar-refractivity contribution in [2.24, 2.45) is 0 Å². The minimum Gasteiger partial charge on any atom is -0.450 e. The molecule has 160 valence electrons. The number of piperidine rings is 1. The van der Waals surface area contributed by atoms with Crippen LogP contribution in [0.4, 0.5) is 10.7 Å². The zero-order valence-corrected chi connectivity index (χ0v) is 17.9. The van der Waals surface area contributed by atoms with E-state index in [2.05, 4.69) is 47.6 Å². The van der Waals surface area contributed by atoms with E-state index in [-0.39, 0.29) is 6.09 Å². The molecule has 0 unspecified atom stereocenters. The summed E-state index contributed by atoms with van der Waals surface area (Å²) in [7, 11) is 0. The topological polar surface area (TPSA) is 97.2 Å². The fourth-order valence-electron chi connectivity index (χ4n) is 3.68. The number of fused-ring (bicyclic) bond motifs is 1. The summed E-state index contributed by atoms with van der Waals surface area (Å²) in [6.45, 7) is 6.33. The van der Waals surface area contributed by atoms with Crippen molar-refractivity contribution in [1.82, 2.24) is 29.7 Å². The smallest absolute Gasteiger partial charge is 0.407 e. The number of ether oxygens (including phenoxy) is 1. The summed E-state index contributed by atoms with van der Waals surface area (Å²) in [4.78, 5) is 28.3. The second-order valence-electron chi connectivity index (χ2n) is 7.24. The van der Waals surface area contributed by atoms with Gasteiger partial charge in [-0.1, -0.05) is 6.07 Å². The number of thiophene rings is 1. The Morgan fingerprint density at radius 1 is 1.37 bits per heavy atom. The number of nitrogens with one attached hydrogen (secondary N) is 2. The number of carbonyl (C=O) groups excluding carboxylic acids is 1. The monoisotopic (exact) mass is 429 g/mol. The van der Waals surface area contributed by atoms with Gasteiger partial charge in [0.25, 0.3) is 0 Å². The first-order valence-electron chi connectivity index (χ1n) is 10.3. The van der Waals surface area contributed by atoms with Crippen LogP contribution in [-0.2, 0) is 11.3 Å². The molecule has 30 heavy (non-hydrogen) atoms. The van der Waals surface area contributed by atoms with Gasteiger partial charge in [-0.15, -0.1) is 11.3 Å². The maximum absolute atomic E-state index is 11.4. The van der Waals surface area contributed by atoms with Crippen molar-refractivity contribution in [1.29, 1.82) is 0 Å². The Kier molecular flexibility index (Phi) is 6.75. The molecule has 0 spiro atoms. The first-order chi connectivity index (χ1) is 14.7. The number of alkyl carbamates (subject to hydrolysis) is 1. The van der Waals surface area contributed by atoms with Crippen LogP contribution >= 0.6 is 11.3 Å². The van der Waals surface area contributed by atoms with Gasteiger partial charge in [0.2, 0.25) is 5.95 Å². The van der Waals surface area contributed by atoms with Crippen LogP contribution in [0.15, 0.2) is 30.0 Å². The molecule has 0 aliphatic carbocycles. The minimum absolute atomic E-state index is 0.346. The van der Waals surface area contributed by atoms with Gasteiger partial charge in [-0.25, -0.2) is 19.7 Å². The molecule has 4 heterocycles. The normalized spacial score (nSPS) is 15.4. The van der Waals surface area contributed by atoms with Crippen LogP contribution < -0.4 is 10.6 Å². The van der Waals surface area contributed by atoms with Gasteiger partial charge in [-0.2, -0.15) is 0 Å². The van der Waals surface area contributed by atoms with Crippen molar-refractivity contribution in [2.75, 3.05) is 38.1 Å². The summed E-state index contributed by atoms with van der Waals surface area (Å²) < 4.78 is 7.03. The molecule has 3 aromatic heterocycles. The van der Waals surface area contributed by atoms with Crippen molar-refractivity contribution in [3.05, 3.63) is 34.9 Å². The zero-order valence-electron chi connectivity index (χ0n) is 17.1. The van der Waals surface area contributed by atoms with E-state index in [1.807, 2.05) is 0 Å². The van der Waals surface area contributed by atoms with Crippen LogP contribution in [0.25, 0.3) is 11.2 Å². The number of hydrogen-bond acceptors (Lipinski definition) is 8. The van der Waals surface area contributed by atoms with E-state index in [1.54, 1.807) is 30.8 Å². The molecule has 9 nitrogen and oxygen atoms in total. The number of imidazole rings is 1. The molecule has 0 radical (unpaired) electrons. The highest BCUT2D eigenvalue weighted by Crippen LogP contribution is 2.23. The number of hydrogen-bond donors (Lipinski definition) is 2. The number of aromatic nitrogens is 4. The Morgan fingerprint density at radius 3 is 3.00 bits per heavy atom. The van der Waals surface area contributed by atoms with Crippen molar-refractivity contribution < 1.29 is 9.53 Å². The fraction of sp³-hybridized carbons (Fsp3) is 0.500. The van der Waals surface area contributed by atoms with E-state index in [9.17, 15) is 4.79 Å². The van der Waals surface area contributed by atoms with Crippen LogP contribution in [0.2, 0.25) is 0 Å². The second-order valence-corrected chi connectivity index (χ2v) is 8.27. The van der Waals surface area contributed by atoms with E-state index < -0.39 is 0 Å². The third-order valence-electron chi connectivity index (χ3n) is 5.20. The highest BCUT2D eigenvalue weighted by atomic mass is 32.1. The number of likely N-dealkylation sites (tertiary alicyclic amines) is 1. The average molecular weight is 430 g/mol. The van der Waals surface area contributed by atoms with Gasteiger partial charge in [-0.05, 0) is 31.2 Å². The highest BCUT2D eigenvalue weighted by Gasteiger charge is 2.22. The fourth-order valence-corrected chi connectivity index (χ4v) is 4.37. The number of amides is 1. The third kappa shape index (κ3) is 5.06. The number of carbonyl (C=O) groups is 1. The van der Waals surface area contributed by atoms with Gasteiger partial charge in [0.1, 0.15) is 11.8 Å². The molecule has 2 N–H and O–H groups in total. The summed E-state index contributed by atoms with van der Waals surface area (Å²) in [5.74, 6) is 0.848. The molecular formula is C20H27N7O2S. The molecule has 1 aliphatic rings. The molecule has 10 heteroatoms. The Bertz CT molecular complexity index is 951. The first-order valence-corrected chi connectivity index (χ1v) is 11.2. The molecule has 4 rings (SSSR count). The number of nitrogens with zero attached hydrogens (tertiary/aromatic N) is 5. The molecule has 1 saturated heterocycles. The van der Waals surface area contributed by atoms with Crippen molar-refractivity contribution in [3.63, 3.8) is 0 Å². The third-order valence-corrected chi connectivity index (χ3v) is 6.06. The van der Waals surface area contributed by atoms with Gasteiger partial charge in [0.15, 0.2) is 5.65 Å². The Balaban J connectivity index is 1.34. The van der Waals surface area contributed by atoms with Crippen LogP contribution in [0.3, 0.4) is 0 Å². The maximum atomic E-state index is 11.4. The Labute approximate surface area is 179 Å². The molecular weight excluding hydrogens is 402 g/mol. The standard InChI is InChI=1S/C20H27N7O2S/c1-2-29-20(28)22-7-10-26-8-5-15(6-9-26)24-19-25-17-12-21-14-23-18(17)27(19)13-16-4-3-11-30-16/h3-4,11-12,14-15H,2,5-10,13H2,1H3,(H,22,28)(H,24,25). The predicted molar refractivity (Wildman–Crippen MR) is 117 cm³/mol. The molecule has 1 fully saturated rings. The van der Waals surface area contributed by atoms with Gasteiger partial charge < -0.3 is 20.3 Å². The quantitative estimate of drug-likeness (QED) is 0.568. The SMILES string of the molecule is CCOC(=O)NCCN1CCC(Nc2nc3cncnc3n2Cc2cccs2)CC1. The van der Waals surface area contributed by atoms with Crippen molar-refractivity contribution in [3.8, 4) is 0 Å². The summed E-state index contributed by atoms with van der Waals surface area (Å²) in [6.07, 6.45) is 5.03. The van der Waals surface area contributed by atoms with Gasteiger partial charge in [0.05, 0.1) is 19.3 Å². The van der Waals surface area contributed by atoms with Crippen molar-refractivity contribution in [2.45, 2.75) is 32.4 Å². The van der Waals surface area contributed by atoms with E-state index >= 15 is 0 Å². The molecule has 3 aromatic rings. The molecule has 1 amide bonds. The van der Waals surface area contributed by atoms with Crippen LogP contribution in [-0.4, -0.2) is 69.3 Å². The van der Waals surface area contributed by atoms with E-state index in [1.165, 1.54) is 4.88 Å². The van der Waals surface area contributed by atoms with E-state index in [0.29, 0.717) is 19.2 Å². The largest absolute Gasteiger partial charge is 0.450 e. The first kappa shape index (κ1) is 20.5. The van der Waals surface area contributed by atoms with E-state index in [0.717, 1.165) is 56.1 Å². The van der Waals surface area contributed by atoms with Gasteiger partial charge >= 0.3 is 6.09 Å². The van der Waals surface area contributed by atoms with Crippen molar-refractivity contribution >= 4 is 34.5 Å². The lowest BCUT2D eigenvalue weighted by Gasteiger charge is -2.32. The average Bonchev–Trinajstić information content (AvgIpc) is 3.38. The summed E-state index contributed by atoms with van der Waals surface area (Å²) in [5.41, 5.74) is 1.66. The minimum atomic E-state index is -0.346. The van der Waals surface area contributed by atoms with Crippen LogP contribution in [0.1, 0.15) is 24.6 Å². The predicted octanol–water partition coefficient (Wildman–Crippen LogP) is 2.56. The Morgan fingerprint density at radius 2 is 2.23 bits per heavy atom. The second kappa shape index (κ2) is 9.86. The number of anilines is 1. The lowest BCUT2D eigenvalue weighted by atomic mass is 10.1. The van der Waals surface area contributed by atoms with Gasteiger partial charge in [-0.3, -0.25) is 4.57 Å². The molecule has 0 atom stereocenters. The summed E-state index contributed by atoms with van der Waals surface area (Å²) >= 11 is 1.73. The van der Waals surface area contributed by atoms with Gasteiger partial charge in [0, 0.05) is 37.1 Å². The molecule has 0 bridgehead atoms. The summed E-state index contributed by atoms with van der Waals surface area (Å²) in [5, 5.41) is 8.50. The van der Waals surface area contributed by atoms with Crippen LogP contribution in [0.5, 0.6) is 0 Å².